The van der Waals surface area contributed by atoms with Gasteiger partial charge in [0.25, 0.3) is 0 Å². The van der Waals surface area contributed by atoms with E-state index in [9.17, 15) is 0 Å². The third-order valence-electron chi connectivity index (χ3n) is 2.50. The van der Waals surface area contributed by atoms with Crippen LogP contribution in [0, 0.1) is 0 Å². The van der Waals surface area contributed by atoms with Gasteiger partial charge < -0.3 is 14.6 Å². The number of aromatic nitrogens is 2. The quantitative estimate of drug-likeness (QED) is 0.715. The lowest BCUT2D eigenvalue weighted by Gasteiger charge is -2.14. The van der Waals surface area contributed by atoms with Gasteiger partial charge in [-0.25, -0.2) is 0 Å². The van der Waals surface area contributed by atoms with E-state index in [1.54, 1.807) is 0 Å². The first-order valence-corrected chi connectivity index (χ1v) is 6.42. The minimum Gasteiger partial charge on any atom is -0.374 e. The van der Waals surface area contributed by atoms with E-state index in [-0.39, 0.29) is 0 Å². The van der Waals surface area contributed by atoms with Crippen molar-refractivity contribution >= 4 is 0 Å². The first-order chi connectivity index (χ1) is 8.30. The highest BCUT2D eigenvalue weighted by molar-refractivity contribution is 4.88. The van der Waals surface area contributed by atoms with Gasteiger partial charge in [-0.3, -0.25) is 0 Å². The maximum atomic E-state index is 5.23. The molecule has 0 amide bonds. The molecule has 0 spiro atoms. The van der Waals surface area contributed by atoms with Gasteiger partial charge in [0.2, 0.25) is 5.89 Å². The molecule has 5 heteroatoms. The van der Waals surface area contributed by atoms with E-state index >= 15 is 0 Å². The zero-order valence-corrected chi connectivity index (χ0v) is 11.0. The van der Waals surface area contributed by atoms with Crippen LogP contribution in [0.25, 0.3) is 0 Å². The van der Waals surface area contributed by atoms with Crippen LogP contribution in [0.4, 0.5) is 0 Å². The summed E-state index contributed by atoms with van der Waals surface area (Å²) in [5.41, 5.74) is 0. The molecule has 0 aliphatic heterocycles. The summed E-state index contributed by atoms with van der Waals surface area (Å²) in [5, 5.41) is 7.31. The van der Waals surface area contributed by atoms with Crippen LogP contribution in [-0.4, -0.2) is 29.3 Å². The molecule has 1 N–H and O–H groups in total. The molecule has 0 fully saturated rings. The summed E-state index contributed by atoms with van der Waals surface area (Å²) < 4.78 is 10.4. The Morgan fingerprint density at radius 2 is 2.18 bits per heavy atom. The van der Waals surface area contributed by atoms with Gasteiger partial charge in [0.15, 0.2) is 5.82 Å². The normalized spacial score (nSPS) is 12.9. The lowest BCUT2D eigenvalue weighted by molar-refractivity contribution is 0.126. The minimum atomic E-state index is 0.422. The molecule has 98 valence electrons. The van der Waals surface area contributed by atoms with Crippen LogP contribution in [0.15, 0.2) is 4.52 Å². The highest BCUT2D eigenvalue weighted by atomic mass is 16.5. The third kappa shape index (κ3) is 5.28. The second-order valence-electron chi connectivity index (χ2n) is 3.99. The topological polar surface area (TPSA) is 60.2 Å². The van der Waals surface area contributed by atoms with Crippen molar-refractivity contribution in [3.05, 3.63) is 11.7 Å². The second-order valence-corrected chi connectivity index (χ2v) is 3.99. The molecular formula is C12H23N3O2. The lowest BCUT2D eigenvalue weighted by Crippen LogP contribution is -2.30. The van der Waals surface area contributed by atoms with Crippen LogP contribution in [0.1, 0.15) is 45.3 Å². The predicted octanol–water partition coefficient (Wildman–Crippen LogP) is 1.93. The fourth-order valence-electron chi connectivity index (χ4n) is 1.75. The van der Waals surface area contributed by atoms with Crippen LogP contribution in [-0.2, 0) is 17.8 Å². The Morgan fingerprint density at radius 1 is 1.35 bits per heavy atom. The van der Waals surface area contributed by atoms with E-state index in [1.165, 1.54) is 0 Å². The maximum Gasteiger partial charge on any atom is 0.228 e. The molecule has 1 heterocycles. The average Bonchev–Trinajstić information content (AvgIpc) is 2.75. The molecule has 0 aromatic carbocycles. The van der Waals surface area contributed by atoms with Gasteiger partial charge in [-0.2, -0.15) is 4.98 Å². The standard InChI is InChI=1S/C12H23N3O2/c1-4-7-10(13-5-2)8-12-14-11(15-17-12)9-16-6-3/h10,13H,4-9H2,1-3H3. The molecule has 1 aromatic heterocycles. The van der Waals surface area contributed by atoms with Crippen molar-refractivity contribution in [3.63, 3.8) is 0 Å². The molecule has 1 unspecified atom stereocenters. The summed E-state index contributed by atoms with van der Waals surface area (Å²) in [6, 6.07) is 0.422. The molecule has 0 aliphatic rings. The van der Waals surface area contributed by atoms with Gasteiger partial charge in [-0.15, -0.1) is 0 Å². The predicted molar refractivity (Wildman–Crippen MR) is 65.7 cm³/mol. The fourth-order valence-corrected chi connectivity index (χ4v) is 1.75. The Balaban J connectivity index is 2.45. The van der Waals surface area contributed by atoms with Gasteiger partial charge in [-0.05, 0) is 19.9 Å². The number of nitrogens with zero attached hydrogens (tertiary/aromatic N) is 2. The summed E-state index contributed by atoms with van der Waals surface area (Å²) in [7, 11) is 0. The van der Waals surface area contributed by atoms with E-state index in [0.717, 1.165) is 25.8 Å². The van der Waals surface area contributed by atoms with E-state index in [2.05, 4.69) is 29.3 Å². The SMILES string of the molecule is CCCC(Cc1nc(COCC)no1)NCC. The summed E-state index contributed by atoms with van der Waals surface area (Å²) in [4.78, 5) is 4.31. The zero-order chi connectivity index (χ0) is 12.5. The highest BCUT2D eigenvalue weighted by Gasteiger charge is 2.13. The average molecular weight is 241 g/mol. The van der Waals surface area contributed by atoms with Crippen molar-refractivity contribution in [2.75, 3.05) is 13.2 Å². The van der Waals surface area contributed by atoms with Crippen LogP contribution < -0.4 is 5.32 Å². The first kappa shape index (κ1) is 14.1. The molecular weight excluding hydrogens is 218 g/mol. The number of hydrogen-bond acceptors (Lipinski definition) is 5. The van der Waals surface area contributed by atoms with Crippen molar-refractivity contribution < 1.29 is 9.26 Å². The molecule has 0 saturated carbocycles. The summed E-state index contributed by atoms with van der Waals surface area (Å²) >= 11 is 0. The Morgan fingerprint density at radius 3 is 2.82 bits per heavy atom. The first-order valence-electron chi connectivity index (χ1n) is 6.42. The molecule has 1 aromatic rings. The van der Waals surface area contributed by atoms with Crippen molar-refractivity contribution in [1.29, 1.82) is 0 Å². The zero-order valence-electron chi connectivity index (χ0n) is 11.0. The van der Waals surface area contributed by atoms with Crippen LogP contribution in [0.3, 0.4) is 0 Å². The summed E-state index contributed by atoms with van der Waals surface area (Å²) in [6.45, 7) is 8.29. The minimum absolute atomic E-state index is 0.422. The second kappa shape index (κ2) is 8.20. The molecule has 1 atom stereocenters. The van der Waals surface area contributed by atoms with E-state index in [1.807, 2.05) is 6.92 Å². The monoisotopic (exact) mass is 241 g/mol. The van der Waals surface area contributed by atoms with Crippen molar-refractivity contribution in [3.8, 4) is 0 Å². The van der Waals surface area contributed by atoms with Gasteiger partial charge in [0.05, 0.1) is 0 Å². The molecule has 1 rings (SSSR count). The van der Waals surface area contributed by atoms with Crippen molar-refractivity contribution in [2.24, 2.45) is 0 Å². The Hall–Kier alpha value is -0.940. The van der Waals surface area contributed by atoms with Crippen LogP contribution in [0.5, 0.6) is 0 Å². The molecule has 0 saturated heterocycles. The number of rotatable bonds is 9. The Kier molecular flexibility index (Phi) is 6.81. The van der Waals surface area contributed by atoms with Crippen molar-refractivity contribution in [1.82, 2.24) is 15.5 Å². The van der Waals surface area contributed by atoms with Crippen LogP contribution >= 0.6 is 0 Å². The van der Waals surface area contributed by atoms with Gasteiger partial charge in [0, 0.05) is 19.1 Å². The largest absolute Gasteiger partial charge is 0.374 e. The number of hydrogen-bond donors (Lipinski definition) is 1. The summed E-state index contributed by atoms with van der Waals surface area (Å²) in [5.74, 6) is 1.33. The van der Waals surface area contributed by atoms with Gasteiger partial charge in [0.1, 0.15) is 6.61 Å². The molecule has 5 nitrogen and oxygen atoms in total. The Bertz CT molecular complexity index is 296. The van der Waals surface area contributed by atoms with Gasteiger partial charge >= 0.3 is 0 Å². The third-order valence-corrected chi connectivity index (χ3v) is 2.50. The molecule has 17 heavy (non-hydrogen) atoms. The lowest BCUT2D eigenvalue weighted by atomic mass is 10.1. The van der Waals surface area contributed by atoms with Crippen molar-refractivity contribution in [2.45, 2.75) is 52.7 Å². The van der Waals surface area contributed by atoms with E-state index in [4.69, 9.17) is 9.26 Å². The number of ether oxygens (including phenoxy) is 1. The Labute approximate surface area is 103 Å². The molecule has 0 bridgehead atoms. The van der Waals surface area contributed by atoms with E-state index < -0.39 is 0 Å². The fraction of sp³-hybridized carbons (Fsp3) is 0.833. The number of likely N-dealkylation sites (N-methyl/N-ethyl adjacent to an activating group) is 1. The number of nitrogens with one attached hydrogen (secondary N) is 1. The highest BCUT2D eigenvalue weighted by Crippen LogP contribution is 2.06. The molecule has 0 radical (unpaired) electrons. The van der Waals surface area contributed by atoms with Crippen LogP contribution in [0.2, 0.25) is 0 Å². The smallest absolute Gasteiger partial charge is 0.228 e. The molecule has 0 aliphatic carbocycles. The summed E-state index contributed by atoms with van der Waals surface area (Å²) in [6.07, 6.45) is 3.06. The maximum absolute atomic E-state index is 5.23. The van der Waals surface area contributed by atoms with E-state index in [0.29, 0.717) is 31.0 Å². The van der Waals surface area contributed by atoms with Gasteiger partial charge in [-0.1, -0.05) is 25.4 Å².